The van der Waals surface area contributed by atoms with Crippen LogP contribution in [0.3, 0.4) is 0 Å². The van der Waals surface area contributed by atoms with Crippen LogP contribution in [-0.4, -0.2) is 46.5 Å². The van der Waals surface area contributed by atoms with E-state index >= 15 is 0 Å². The van der Waals surface area contributed by atoms with Crippen LogP contribution in [0.4, 0.5) is 0 Å². The third-order valence-electron chi connectivity index (χ3n) is 2.60. The van der Waals surface area contributed by atoms with E-state index in [9.17, 15) is 0 Å². The van der Waals surface area contributed by atoms with Crippen LogP contribution in [0.1, 0.15) is 12.0 Å². The number of amidine groups is 1. The Morgan fingerprint density at radius 3 is 2.55 bits per heavy atom. The number of hydrogen-bond acceptors (Lipinski definition) is 5. The molecule has 3 N–H and O–H groups in total. The Bertz CT molecular complexity index is 424. The third-order valence-corrected chi connectivity index (χ3v) is 2.60. The fourth-order valence-electron chi connectivity index (χ4n) is 1.54. The summed E-state index contributed by atoms with van der Waals surface area (Å²) in [4.78, 5) is 0. The highest BCUT2D eigenvalue weighted by atomic mass is 16.5. The molecule has 1 rings (SSSR count). The molecule has 0 bridgehead atoms. The Kier molecular flexibility index (Phi) is 7.46. The number of hydrogen-bond donors (Lipinski definition) is 2. The van der Waals surface area contributed by atoms with Gasteiger partial charge in [-0.05, 0) is 18.2 Å². The molecular weight excluding hydrogens is 260 g/mol. The summed E-state index contributed by atoms with van der Waals surface area (Å²) in [6.45, 7) is 2.34. The molecule has 6 nitrogen and oxygen atoms in total. The quantitative estimate of drug-likeness (QED) is 0.385. The standard InChI is InChI=1S/C14H22N2O4/c1-17-8-9-19-6-3-7-20-12-5-4-11(14(15)16)10-13(12)18-2/h4-5,10H,3,6-9H2,1-2H3,(H3,15,16). The first kappa shape index (κ1) is 16.3. The molecule has 1 aromatic carbocycles. The normalized spacial score (nSPS) is 10.3. The van der Waals surface area contributed by atoms with Gasteiger partial charge in [-0.2, -0.15) is 0 Å². The van der Waals surface area contributed by atoms with Gasteiger partial charge >= 0.3 is 0 Å². The molecule has 6 heteroatoms. The van der Waals surface area contributed by atoms with Gasteiger partial charge in [0.05, 0.1) is 26.9 Å². The molecule has 0 radical (unpaired) electrons. The maximum atomic E-state index is 7.38. The van der Waals surface area contributed by atoms with E-state index in [4.69, 9.17) is 30.1 Å². The van der Waals surface area contributed by atoms with Gasteiger partial charge < -0.3 is 24.7 Å². The Balaban J connectivity index is 2.38. The molecule has 0 aliphatic carbocycles. The summed E-state index contributed by atoms with van der Waals surface area (Å²) in [5.41, 5.74) is 6.04. The summed E-state index contributed by atoms with van der Waals surface area (Å²) in [7, 11) is 3.20. The number of methoxy groups -OCH3 is 2. The van der Waals surface area contributed by atoms with Crippen molar-refractivity contribution in [3.63, 3.8) is 0 Å². The number of nitrogens with two attached hydrogens (primary N) is 1. The number of rotatable bonds is 10. The van der Waals surface area contributed by atoms with Crippen molar-refractivity contribution >= 4 is 5.84 Å². The predicted octanol–water partition coefficient (Wildman–Crippen LogP) is 1.41. The van der Waals surface area contributed by atoms with Crippen LogP contribution in [0.2, 0.25) is 0 Å². The maximum absolute atomic E-state index is 7.38. The first-order valence-corrected chi connectivity index (χ1v) is 6.41. The van der Waals surface area contributed by atoms with Crippen molar-refractivity contribution in [1.82, 2.24) is 0 Å². The lowest BCUT2D eigenvalue weighted by molar-refractivity contribution is 0.0643. The molecule has 1 aromatic rings. The molecule has 0 unspecified atom stereocenters. The van der Waals surface area contributed by atoms with Crippen molar-refractivity contribution in [3.05, 3.63) is 23.8 Å². The number of nitrogens with one attached hydrogen (secondary N) is 1. The predicted molar refractivity (Wildman–Crippen MR) is 76.8 cm³/mol. The molecule has 0 atom stereocenters. The lowest BCUT2D eigenvalue weighted by Crippen LogP contribution is -2.11. The van der Waals surface area contributed by atoms with Gasteiger partial charge in [0.2, 0.25) is 0 Å². The van der Waals surface area contributed by atoms with Crippen molar-refractivity contribution < 1.29 is 18.9 Å². The van der Waals surface area contributed by atoms with E-state index in [1.165, 1.54) is 0 Å². The van der Waals surface area contributed by atoms with Crippen LogP contribution in [0.15, 0.2) is 18.2 Å². The van der Waals surface area contributed by atoms with Crippen LogP contribution < -0.4 is 15.2 Å². The minimum absolute atomic E-state index is 0.00129. The zero-order valence-electron chi connectivity index (χ0n) is 12.0. The van der Waals surface area contributed by atoms with Crippen LogP contribution in [0.25, 0.3) is 0 Å². The Morgan fingerprint density at radius 1 is 1.10 bits per heavy atom. The first-order chi connectivity index (χ1) is 9.69. The second-order valence-corrected chi connectivity index (χ2v) is 4.09. The molecule has 0 heterocycles. The molecule has 0 aliphatic heterocycles. The lowest BCUT2D eigenvalue weighted by atomic mass is 10.2. The minimum Gasteiger partial charge on any atom is -0.493 e. The van der Waals surface area contributed by atoms with Crippen LogP contribution in [0.5, 0.6) is 11.5 Å². The van der Waals surface area contributed by atoms with Gasteiger partial charge in [0, 0.05) is 25.7 Å². The summed E-state index contributed by atoms with van der Waals surface area (Å²) in [5, 5.41) is 7.38. The molecule has 0 saturated carbocycles. The highest BCUT2D eigenvalue weighted by molar-refractivity contribution is 5.95. The Labute approximate surface area is 119 Å². The van der Waals surface area contributed by atoms with Crippen molar-refractivity contribution in [1.29, 1.82) is 5.41 Å². The van der Waals surface area contributed by atoms with E-state index < -0.39 is 0 Å². The number of benzene rings is 1. The van der Waals surface area contributed by atoms with Gasteiger partial charge in [-0.3, -0.25) is 5.41 Å². The van der Waals surface area contributed by atoms with Gasteiger partial charge in [0.15, 0.2) is 11.5 Å². The zero-order valence-corrected chi connectivity index (χ0v) is 12.0. The van der Waals surface area contributed by atoms with Crippen LogP contribution in [-0.2, 0) is 9.47 Å². The van der Waals surface area contributed by atoms with Gasteiger partial charge in [-0.25, -0.2) is 0 Å². The fourth-order valence-corrected chi connectivity index (χ4v) is 1.54. The fraction of sp³-hybridized carbons (Fsp3) is 0.500. The van der Waals surface area contributed by atoms with Crippen molar-refractivity contribution in [2.45, 2.75) is 6.42 Å². The third kappa shape index (κ3) is 5.46. The summed E-state index contributed by atoms with van der Waals surface area (Å²) in [6, 6.07) is 5.17. The lowest BCUT2D eigenvalue weighted by Gasteiger charge is -2.12. The van der Waals surface area contributed by atoms with E-state index in [1.807, 2.05) is 0 Å². The van der Waals surface area contributed by atoms with Gasteiger partial charge in [0.25, 0.3) is 0 Å². The van der Waals surface area contributed by atoms with Crippen molar-refractivity contribution in [2.75, 3.05) is 40.6 Å². The molecule has 0 aliphatic rings. The van der Waals surface area contributed by atoms with Crippen molar-refractivity contribution in [2.24, 2.45) is 5.73 Å². The molecule has 112 valence electrons. The largest absolute Gasteiger partial charge is 0.493 e. The smallest absolute Gasteiger partial charge is 0.161 e. The minimum atomic E-state index is 0.00129. The highest BCUT2D eigenvalue weighted by Gasteiger charge is 2.07. The molecule has 0 aromatic heterocycles. The van der Waals surface area contributed by atoms with E-state index in [1.54, 1.807) is 32.4 Å². The van der Waals surface area contributed by atoms with Crippen LogP contribution in [0, 0.1) is 5.41 Å². The van der Waals surface area contributed by atoms with E-state index in [0.717, 1.165) is 6.42 Å². The average Bonchev–Trinajstić information content (AvgIpc) is 2.46. The van der Waals surface area contributed by atoms with E-state index in [-0.39, 0.29) is 5.84 Å². The molecule has 20 heavy (non-hydrogen) atoms. The Hall–Kier alpha value is -1.79. The molecule has 0 spiro atoms. The van der Waals surface area contributed by atoms with E-state index in [0.29, 0.717) is 43.5 Å². The zero-order chi connectivity index (χ0) is 14.8. The SMILES string of the molecule is COCCOCCCOc1ccc(C(=N)N)cc1OC. The maximum Gasteiger partial charge on any atom is 0.161 e. The number of ether oxygens (including phenoxy) is 4. The summed E-state index contributed by atoms with van der Waals surface area (Å²) in [5.74, 6) is 1.20. The van der Waals surface area contributed by atoms with Gasteiger partial charge in [0.1, 0.15) is 5.84 Å². The monoisotopic (exact) mass is 282 g/mol. The summed E-state index contributed by atoms with van der Waals surface area (Å²) >= 11 is 0. The highest BCUT2D eigenvalue weighted by Crippen LogP contribution is 2.27. The number of nitrogen functional groups attached to an aromatic ring is 1. The summed E-state index contributed by atoms with van der Waals surface area (Å²) in [6.07, 6.45) is 0.779. The molecule has 0 fully saturated rings. The molecular formula is C14H22N2O4. The second kappa shape index (κ2) is 9.17. The van der Waals surface area contributed by atoms with Crippen molar-refractivity contribution in [3.8, 4) is 11.5 Å². The molecule has 0 saturated heterocycles. The van der Waals surface area contributed by atoms with Gasteiger partial charge in [-0.1, -0.05) is 0 Å². The first-order valence-electron chi connectivity index (χ1n) is 6.41. The topological polar surface area (TPSA) is 86.8 Å². The Morgan fingerprint density at radius 2 is 1.90 bits per heavy atom. The summed E-state index contributed by atoms with van der Waals surface area (Å²) < 4.78 is 21.1. The average molecular weight is 282 g/mol. The van der Waals surface area contributed by atoms with E-state index in [2.05, 4.69) is 0 Å². The van der Waals surface area contributed by atoms with Crippen LogP contribution >= 0.6 is 0 Å². The second-order valence-electron chi connectivity index (χ2n) is 4.09. The van der Waals surface area contributed by atoms with Gasteiger partial charge in [-0.15, -0.1) is 0 Å². The molecule has 0 amide bonds.